The number of tetrazole rings is 1. The van der Waals surface area contributed by atoms with E-state index in [1.807, 2.05) is 18.2 Å². The van der Waals surface area contributed by atoms with E-state index < -0.39 is 0 Å². The molecule has 3 heterocycles. The number of aryl methyl sites for hydroxylation is 2. The lowest BCUT2D eigenvalue weighted by atomic mass is 10.3. The molecule has 0 radical (unpaired) electrons. The summed E-state index contributed by atoms with van der Waals surface area (Å²) in [5.74, 6) is 0. The zero-order chi connectivity index (χ0) is 16.0. The fourth-order valence-electron chi connectivity index (χ4n) is 2.06. The Kier molecular flexibility index (Phi) is 3.84. The Morgan fingerprint density at radius 1 is 1.22 bits per heavy atom. The SMILES string of the molecule is Cc1cc(-n2nnnc2Sc2nc3c(Cl)cccc3s2)sc1C. The van der Waals surface area contributed by atoms with Crippen LogP contribution in [-0.4, -0.2) is 25.2 Å². The molecule has 0 bridgehead atoms. The lowest BCUT2D eigenvalue weighted by Gasteiger charge is -1.98. The third kappa shape index (κ3) is 2.76. The zero-order valence-electron chi connectivity index (χ0n) is 12.1. The van der Waals surface area contributed by atoms with Gasteiger partial charge in [-0.05, 0) is 59.8 Å². The molecule has 0 spiro atoms. The van der Waals surface area contributed by atoms with E-state index in [2.05, 4.69) is 40.4 Å². The van der Waals surface area contributed by atoms with Crippen molar-refractivity contribution in [3.63, 3.8) is 0 Å². The molecule has 0 fully saturated rings. The van der Waals surface area contributed by atoms with Gasteiger partial charge in [-0.15, -0.1) is 27.8 Å². The quantitative estimate of drug-likeness (QED) is 0.513. The first kappa shape index (κ1) is 15.1. The number of hydrogen-bond acceptors (Lipinski definition) is 7. The maximum atomic E-state index is 6.19. The first-order valence-electron chi connectivity index (χ1n) is 6.70. The van der Waals surface area contributed by atoms with Crippen molar-refractivity contribution in [2.75, 3.05) is 0 Å². The Labute approximate surface area is 149 Å². The van der Waals surface area contributed by atoms with Gasteiger partial charge in [0.05, 0.1) is 9.72 Å². The van der Waals surface area contributed by atoms with Gasteiger partial charge in [-0.3, -0.25) is 0 Å². The van der Waals surface area contributed by atoms with Crippen LogP contribution in [0.25, 0.3) is 15.2 Å². The second-order valence-corrected chi connectivity index (χ2v) is 8.75. The highest BCUT2D eigenvalue weighted by Gasteiger charge is 2.16. The summed E-state index contributed by atoms with van der Waals surface area (Å²) in [7, 11) is 0. The molecular weight excluding hydrogens is 370 g/mol. The van der Waals surface area contributed by atoms with Gasteiger partial charge >= 0.3 is 0 Å². The van der Waals surface area contributed by atoms with Crippen molar-refractivity contribution in [1.29, 1.82) is 0 Å². The summed E-state index contributed by atoms with van der Waals surface area (Å²) in [5.41, 5.74) is 2.06. The van der Waals surface area contributed by atoms with Gasteiger partial charge < -0.3 is 0 Å². The first-order valence-corrected chi connectivity index (χ1v) is 9.53. The molecule has 0 saturated carbocycles. The third-order valence-electron chi connectivity index (χ3n) is 3.33. The molecular formula is C14H10ClN5S3. The van der Waals surface area contributed by atoms with Crippen LogP contribution in [0.4, 0.5) is 0 Å². The highest BCUT2D eigenvalue weighted by Crippen LogP contribution is 2.36. The van der Waals surface area contributed by atoms with Gasteiger partial charge in [-0.1, -0.05) is 17.7 Å². The second kappa shape index (κ2) is 5.86. The van der Waals surface area contributed by atoms with Crippen LogP contribution in [0.1, 0.15) is 10.4 Å². The van der Waals surface area contributed by atoms with Crippen LogP contribution in [0, 0.1) is 13.8 Å². The largest absolute Gasteiger partial charge is 0.228 e. The maximum absolute atomic E-state index is 6.19. The molecule has 0 N–H and O–H groups in total. The first-order chi connectivity index (χ1) is 11.1. The van der Waals surface area contributed by atoms with Crippen molar-refractivity contribution >= 4 is 56.3 Å². The molecule has 23 heavy (non-hydrogen) atoms. The lowest BCUT2D eigenvalue weighted by molar-refractivity contribution is 0.767. The average Bonchev–Trinajstić information content (AvgIpc) is 3.20. The van der Waals surface area contributed by atoms with Crippen LogP contribution in [0.2, 0.25) is 5.02 Å². The summed E-state index contributed by atoms with van der Waals surface area (Å²) < 4.78 is 3.68. The number of thiophene rings is 1. The third-order valence-corrected chi connectivity index (χ3v) is 6.78. The van der Waals surface area contributed by atoms with Crippen molar-refractivity contribution in [2.24, 2.45) is 0 Å². The van der Waals surface area contributed by atoms with Crippen LogP contribution < -0.4 is 0 Å². The Morgan fingerprint density at radius 2 is 2.09 bits per heavy atom. The number of para-hydroxylation sites is 1. The molecule has 9 heteroatoms. The molecule has 4 rings (SSSR count). The number of benzene rings is 1. The Morgan fingerprint density at radius 3 is 2.83 bits per heavy atom. The zero-order valence-corrected chi connectivity index (χ0v) is 15.4. The molecule has 0 aliphatic carbocycles. The van der Waals surface area contributed by atoms with E-state index in [0.29, 0.717) is 10.2 Å². The van der Waals surface area contributed by atoms with Crippen molar-refractivity contribution in [2.45, 2.75) is 23.3 Å². The van der Waals surface area contributed by atoms with Crippen LogP contribution in [0.3, 0.4) is 0 Å². The lowest BCUT2D eigenvalue weighted by Crippen LogP contribution is -1.95. The van der Waals surface area contributed by atoms with Crippen molar-refractivity contribution in [3.8, 4) is 5.00 Å². The van der Waals surface area contributed by atoms with E-state index in [1.54, 1.807) is 27.4 Å². The number of thiazole rings is 1. The van der Waals surface area contributed by atoms with E-state index in [0.717, 1.165) is 19.6 Å². The minimum absolute atomic E-state index is 0.662. The highest BCUT2D eigenvalue weighted by atomic mass is 35.5. The summed E-state index contributed by atoms with van der Waals surface area (Å²) in [6.45, 7) is 4.18. The monoisotopic (exact) mass is 379 g/mol. The van der Waals surface area contributed by atoms with Crippen molar-refractivity contribution < 1.29 is 0 Å². The Balaban J connectivity index is 1.71. The Hall–Kier alpha value is -1.48. The summed E-state index contributed by atoms with van der Waals surface area (Å²) in [4.78, 5) is 5.85. The van der Waals surface area contributed by atoms with Crippen LogP contribution in [0.5, 0.6) is 0 Å². The number of fused-ring (bicyclic) bond motifs is 1. The van der Waals surface area contributed by atoms with Gasteiger partial charge in [0.2, 0.25) is 5.16 Å². The predicted molar refractivity (Wildman–Crippen MR) is 95.3 cm³/mol. The number of rotatable bonds is 3. The predicted octanol–water partition coefficient (Wildman–Crippen LogP) is 4.75. The van der Waals surface area contributed by atoms with Crippen molar-refractivity contribution in [3.05, 3.63) is 39.7 Å². The van der Waals surface area contributed by atoms with Crippen molar-refractivity contribution in [1.82, 2.24) is 25.2 Å². The summed E-state index contributed by atoms with van der Waals surface area (Å²) in [6, 6.07) is 7.88. The number of aromatic nitrogens is 5. The van der Waals surface area contributed by atoms with Gasteiger partial charge in [0.15, 0.2) is 4.34 Å². The van der Waals surface area contributed by atoms with E-state index in [9.17, 15) is 0 Å². The standard InChI is InChI=1S/C14H10ClN5S3/c1-7-6-11(21-8(7)2)20-13(17-18-19-20)23-14-16-12-9(15)4-3-5-10(12)22-14/h3-6H,1-2H3. The molecule has 5 nitrogen and oxygen atoms in total. The smallest absolute Gasteiger partial charge is 0.221 e. The second-order valence-electron chi connectivity index (χ2n) is 4.87. The minimum Gasteiger partial charge on any atom is -0.228 e. The highest BCUT2D eigenvalue weighted by molar-refractivity contribution is 8.01. The van der Waals surface area contributed by atoms with E-state index in [-0.39, 0.29) is 0 Å². The molecule has 0 atom stereocenters. The summed E-state index contributed by atoms with van der Waals surface area (Å²) >= 11 is 10.9. The van der Waals surface area contributed by atoms with Gasteiger partial charge in [-0.2, -0.15) is 4.68 Å². The van der Waals surface area contributed by atoms with Gasteiger partial charge in [0.1, 0.15) is 10.5 Å². The number of hydrogen-bond donors (Lipinski definition) is 0. The van der Waals surface area contributed by atoms with E-state index in [4.69, 9.17) is 11.6 Å². The molecule has 0 unspecified atom stereocenters. The van der Waals surface area contributed by atoms with E-state index >= 15 is 0 Å². The van der Waals surface area contributed by atoms with Gasteiger partial charge in [0, 0.05) is 4.88 Å². The van der Waals surface area contributed by atoms with Gasteiger partial charge in [0.25, 0.3) is 0 Å². The van der Waals surface area contributed by atoms with Crippen LogP contribution in [-0.2, 0) is 0 Å². The Bertz CT molecular complexity index is 984. The molecule has 1 aromatic carbocycles. The molecule has 0 aliphatic heterocycles. The fraction of sp³-hybridized carbons (Fsp3) is 0.143. The van der Waals surface area contributed by atoms with Gasteiger partial charge in [-0.25, -0.2) is 4.98 Å². The summed E-state index contributed by atoms with van der Waals surface area (Å²) in [5, 5.41) is 14.4. The molecule has 0 saturated heterocycles. The maximum Gasteiger partial charge on any atom is 0.221 e. The molecule has 4 aromatic rings. The molecule has 3 aromatic heterocycles. The molecule has 0 aliphatic rings. The molecule has 116 valence electrons. The van der Waals surface area contributed by atoms with E-state index in [1.165, 1.54) is 22.2 Å². The normalized spacial score (nSPS) is 11.4. The minimum atomic E-state index is 0.662. The van der Waals surface area contributed by atoms with Crippen LogP contribution in [0.15, 0.2) is 33.8 Å². The molecule has 0 amide bonds. The average molecular weight is 380 g/mol. The fourth-order valence-corrected chi connectivity index (χ4v) is 5.34. The summed E-state index contributed by atoms with van der Waals surface area (Å²) in [6.07, 6.45) is 0. The topological polar surface area (TPSA) is 56.5 Å². The number of nitrogens with zero attached hydrogens (tertiary/aromatic N) is 5. The number of halogens is 1. The van der Waals surface area contributed by atoms with Crippen LogP contribution >= 0.6 is 46.0 Å².